The van der Waals surface area contributed by atoms with Gasteiger partial charge in [0.2, 0.25) is 0 Å². The molecule has 0 aliphatic heterocycles. The zero-order valence-electron chi connectivity index (χ0n) is 8.09. The SMILES string of the molecule is C1=Cc2ncccc2Cc2nnccc21. The summed E-state index contributed by atoms with van der Waals surface area (Å²) >= 11 is 0. The summed E-state index contributed by atoms with van der Waals surface area (Å²) in [5.41, 5.74) is 4.37. The normalized spacial score (nSPS) is 12.8. The molecular weight excluding hydrogens is 186 g/mol. The predicted molar refractivity (Wildman–Crippen MR) is 58.0 cm³/mol. The lowest BCUT2D eigenvalue weighted by molar-refractivity contribution is 0.929. The molecule has 0 spiro atoms. The van der Waals surface area contributed by atoms with Gasteiger partial charge in [-0.2, -0.15) is 10.2 Å². The van der Waals surface area contributed by atoms with Crippen molar-refractivity contribution in [3.63, 3.8) is 0 Å². The largest absolute Gasteiger partial charge is 0.257 e. The Hall–Kier alpha value is -2.03. The number of hydrogen-bond donors (Lipinski definition) is 0. The van der Waals surface area contributed by atoms with E-state index in [1.54, 1.807) is 6.20 Å². The van der Waals surface area contributed by atoms with E-state index in [4.69, 9.17) is 0 Å². The van der Waals surface area contributed by atoms with Gasteiger partial charge in [0.1, 0.15) is 0 Å². The van der Waals surface area contributed by atoms with Crippen molar-refractivity contribution in [3.8, 4) is 0 Å². The van der Waals surface area contributed by atoms with Gasteiger partial charge < -0.3 is 0 Å². The molecule has 3 nitrogen and oxygen atoms in total. The lowest BCUT2D eigenvalue weighted by atomic mass is 10.1. The Morgan fingerprint density at radius 2 is 2.07 bits per heavy atom. The first-order valence-electron chi connectivity index (χ1n) is 4.86. The van der Waals surface area contributed by atoms with E-state index in [0.717, 1.165) is 23.4 Å². The highest BCUT2D eigenvalue weighted by Gasteiger charge is 2.10. The highest BCUT2D eigenvalue weighted by Crippen LogP contribution is 2.20. The molecular formula is C12H9N3. The summed E-state index contributed by atoms with van der Waals surface area (Å²) in [6.45, 7) is 0. The molecule has 0 unspecified atom stereocenters. The molecule has 0 saturated carbocycles. The minimum Gasteiger partial charge on any atom is -0.257 e. The van der Waals surface area contributed by atoms with Crippen molar-refractivity contribution in [2.24, 2.45) is 0 Å². The molecule has 1 aliphatic carbocycles. The molecule has 3 heteroatoms. The molecule has 3 rings (SSSR count). The van der Waals surface area contributed by atoms with Crippen molar-refractivity contribution < 1.29 is 0 Å². The smallest absolute Gasteiger partial charge is 0.0747 e. The van der Waals surface area contributed by atoms with Crippen molar-refractivity contribution in [1.29, 1.82) is 0 Å². The molecule has 72 valence electrons. The summed E-state index contributed by atoms with van der Waals surface area (Å²) in [5, 5.41) is 8.06. The fourth-order valence-corrected chi connectivity index (χ4v) is 1.76. The molecule has 0 saturated heterocycles. The second kappa shape index (κ2) is 3.28. The van der Waals surface area contributed by atoms with E-state index < -0.39 is 0 Å². The van der Waals surface area contributed by atoms with Gasteiger partial charge >= 0.3 is 0 Å². The van der Waals surface area contributed by atoms with E-state index in [0.29, 0.717) is 0 Å². The van der Waals surface area contributed by atoms with Crippen LogP contribution in [-0.2, 0) is 6.42 Å². The number of fused-ring (bicyclic) bond motifs is 2. The van der Waals surface area contributed by atoms with Gasteiger partial charge in [0.15, 0.2) is 0 Å². The highest BCUT2D eigenvalue weighted by atomic mass is 15.1. The number of aromatic nitrogens is 3. The second-order valence-electron chi connectivity index (χ2n) is 3.49. The molecule has 1 aliphatic rings. The third-order valence-corrected chi connectivity index (χ3v) is 2.54. The summed E-state index contributed by atoms with van der Waals surface area (Å²) in [6, 6.07) is 6.01. The van der Waals surface area contributed by atoms with E-state index in [9.17, 15) is 0 Å². The molecule has 0 bridgehead atoms. The topological polar surface area (TPSA) is 38.7 Å². The Labute approximate surface area is 87.5 Å². The zero-order valence-corrected chi connectivity index (χ0v) is 8.09. The van der Waals surface area contributed by atoms with Gasteiger partial charge in [-0.3, -0.25) is 4.98 Å². The number of rotatable bonds is 0. The van der Waals surface area contributed by atoms with Gasteiger partial charge in [-0.25, -0.2) is 0 Å². The van der Waals surface area contributed by atoms with Gasteiger partial charge in [0.05, 0.1) is 17.6 Å². The van der Waals surface area contributed by atoms with Crippen LogP contribution in [0.25, 0.3) is 12.2 Å². The Kier molecular flexibility index (Phi) is 1.81. The van der Waals surface area contributed by atoms with Gasteiger partial charge in [0, 0.05) is 12.6 Å². The monoisotopic (exact) mass is 195 g/mol. The summed E-state index contributed by atoms with van der Waals surface area (Å²) in [7, 11) is 0. The van der Waals surface area contributed by atoms with Crippen molar-refractivity contribution >= 4 is 12.2 Å². The fraction of sp³-hybridized carbons (Fsp3) is 0.0833. The lowest BCUT2D eigenvalue weighted by Gasteiger charge is -2.02. The van der Waals surface area contributed by atoms with Crippen LogP contribution in [0.1, 0.15) is 22.5 Å². The Bertz CT molecular complexity index is 484. The Morgan fingerprint density at radius 1 is 1.07 bits per heavy atom. The molecule has 0 atom stereocenters. The zero-order chi connectivity index (χ0) is 10.1. The van der Waals surface area contributed by atoms with Crippen LogP contribution in [0.3, 0.4) is 0 Å². The molecule has 0 aromatic carbocycles. The van der Waals surface area contributed by atoms with Gasteiger partial charge in [-0.05, 0) is 29.3 Å². The molecule has 0 amide bonds. The average Bonchev–Trinajstić information content (AvgIpc) is 2.48. The number of nitrogens with zero attached hydrogens (tertiary/aromatic N) is 3. The van der Waals surface area contributed by atoms with E-state index in [-0.39, 0.29) is 0 Å². The van der Waals surface area contributed by atoms with Crippen LogP contribution in [0.4, 0.5) is 0 Å². The quantitative estimate of drug-likeness (QED) is 0.550. The predicted octanol–water partition coefficient (Wildman–Crippen LogP) is 1.95. The van der Waals surface area contributed by atoms with Crippen molar-refractivity contribution in [2.45, 2.75) is 6.42 Å². The minimum atomic E-state index is 0.805. The van der Waals surface area contributed by atoms with Crippen LogP contribution in [0.2, 0.25) is 0 Å². The first kappa shape index (κ1) is 8.29. The molecule has 2 aromatic heterocycles. The lowest BCUT2D eigenvalue weighted by Crippen LogP contribution is -1.97. The average molecular weight is 195 g/mol. The molecule has 15 heavy (non-hydrogen) atoms. The van der Waals surface area contributed by atoms with Crippen LogP contribution in [0, 0.1) is 0 Å². The fourth-order valence-electron chi connectivity index (χ4n) is 1.76. The third-order valence-electron chi connectivity index (χ3n) is 2.54. The van der Waals surface area contributed by atoms with E-state index in [1.165, 1.54) is 5.56 Å². The Morgan fingerprint density at radius 3 is 3.07 bits per heavy atom. The van der Waals surface area contributed by atoms with Crippen LogP contribution in [0.15, 0.2) is 30.6 Å². The highest BCUT2D eigenvalue weighted by molar-refractivity contribution is 5.72. The minimum absolute atomic E-state index is 0.805. The van der Waals surface area contributed by atoms with Crippen molar-refractivity contribution in [2.75, 3.05) is 0 Å². The van der Waals surface area contributed by atoms with Crippen LogP contribution in [-0.4, -0.2) is 15.2 Å². The maximum atomic E-state index is 4.33. The standard InChI is InChI=1S/C12H9N3/c1-2-10-8-12-9(5-7-14-15-12)3-4-11(10)13-6-1/h1-7H,8H2. The van der Waals surface area contributed by atoms with Crippen LogP contribution in [0.5, 0.6) is 0 Å². The Balaban J connectivity index is 2.19. The summed E-state index contributed by atoms with van der Waals surface area (Å²) in [6.07, 6.45) is 8.41. The van der Waals surface area contributed by atoms with Crippen LogP contribution >= 0.6 is 0 Å². The van der Waals surface area contributed by atoms with Gasteiger partial charge in [-0.15, -0.1) is 0 Å². The first-order valence-corrected chi connectivity index (χ1v) is 4.86. The number of hydrogen-bond acceptors (Lipinski definition) is 3. The first-order chi connectivity index (χ1) is 7.43. The van der Waals surface area contributed by atoms with Gasteiger partial charge in [0.25, 0.3) is 0 Å². The summed E-state index contributed by atoms with van der Waals surface area (Å²) in [5.74, 6) is 0. The van der Waals surface area contributed by atoms with E-state index in [1.807, 2.05) is 30.5 Å². The molecule has 2 heterocycles. The van der Waals surface area contributed by atoms with Gasteiger partial charge in [-0.1, -0.05) is 12.1 Å². The molecule has 0 N–H and O–H groups in total. The van der Waals surface area contributed by atoms with Crippen LogP contribution < -0.4 is 0 Å². The molecule has 2 aromatic rings. The maximum absolute atomic E-state index is 4.33. The molecule has 0 fully saturated rings. The van der Waals surface area contributed by atoms with E-state index >= 15 is 0 Å². The molecule has 0 radical (unpaired) electrons. The maximum Gasteiger partial charge on any atom is 0.0747 e. The third kappa shape index (κ3) is 1.42. The van der Waals surface area contributed by atoms with Crippen molar-refractivity contribution in [1.82, 2.24) is 15.2 Å². The second-order valence-corrected chi connectivity index (χ2v) is 3.49. The summed E-state index contributed by atoms with van der Waals surface area (Å²) < 4.78 is 0. The van der Waals surface area contributed by atoms with Crippen molar-refractivity contribution in [3.05, 3.63) is 53.1 Å². The summed E-state index contributed by atoms with van der Waals surface area (Å²) in [4.78, 5) is 4.33. The number of pyridine rings is 1. The van der Waals surface area contributed by atoms with E-state index in [2.05, 4.69) is 21.2 Å².